The first-order valence-electron chi connectivity index (χ1n) is 9.32. The second-order valence-corrected chi connectivity index (χ2v) is 8.17. The molecule has 0 N–H and O–H groups in total. The molecular formula is C21H25NO2. The highest BCUT2D eigenvalue weighted by molar-refractivity contribution is 5.92. The molecule has 2 bridgehead atoms. The molecule has 3 nitrogen and oxygen atoms in total. The first-order valence-corrected chi connectivity index (χ1v) is 9.32. The molecule has 0 amide bonds. The zero-order valence-electron chi connectivity index (χ0n) is 14.3. The average Bonchev–Trinajstić information content (AvgIpc) is 3.41. The number of ketones is 1. The molecule has 1 saturated heterocycles. The van der Waals surface area contributed by atoms with E-state index < -0.39 is 0 Å². The van der Waals surface area contributed by atoms with Crippen LogP contribution in [0.5, 0.6) is 5.75 Å². The Labute approximate surface area is 143 Å². The molecule has 2 fully saturated rings. The molecule has 0 spiro atoms. The molecule has 1 aromatic rings. The number of rotatable bonds is 3. The van der Waals surface area contributed by atoms with Crippen molar-refractivity contribution < 1.29 is 9.53 Å². The number of benzene rings is 1. The van der Waals surface area contributed by atoms with Gasteiger partial charge in [-0.1, -0.05) is 12.1 Å². The summed E-state index contributed by atoms with van der Waals surface area (Å²) in [5.41, 5.74) is 2.81. The van der Waals surface area contributed by atoms with Crippen molar-refractivity contribution in [2.45, 2.75) is 43.6 Å². The largest absolute Gasteiger partial charge is 0.497 e. The molecule has 1 unspecified atom stereocenters. The zero-order valence-corrected chi connectivity index (χ0v) is 14.3. The Bertz CT molecular complexity index is 721. The lowest BCUT2D eigenvalue weighted by Crippen LogP contribution is -2.61. The minimum atomic E-state index is -0.00132. The summed E-state index contributed by atoms with van der Waals surface area (Å²) in [5, 5.41) is 0. The summed E-state index contributed by atoms with van der Waals surface area (Å²) in [5.74, 6) is 2.60. The molecule has 1 aromatic carbocycles. The Hall–Kier alpha value is -1.61. The SMILES string of the molecule is COc1ccc2c(c1)[C@]13CCN(CC4CC4)[C@H](C2)C1C=CC(=O)C3. The summed E-state index contributed by atoms with van der Waals surface area (Å²) in [4.78, 5) is 15.0. The van der Waals surface area contributed by atoms with Crippen molar-refractivity contribution in [3.8, 4) is 5.75 Å². The number of allylic oxidation sites excluding steroid dienone is 1. The van der Waals surface area contributed by atoms with E-state index in [4.69, 9.17) is 4.74 Å². The van der Waals surface area contributed by atoms with Crippen molar-refractivity contribution in [3.63, 3.8) is 0 Å². The van der Waals surface area contributed by atoms with Crippen LogP contribution < -0.4 is 4.74 Å². The molecule has 1 heterocycles. The van der Waals surface area contributed by atoms with Crippen molar-refractivity contribution >= 4 is 5.78 Å². The molecule has 24 heavy (non-hydrogen) atoms. The molecule has 4 aliphatic rings. The van der Waals surface area contributed by atoms with Crippen LogP contribution in [0.25, 0.3) is 0 Å². The van der Waals surface area contributed by atoms with Crippen LogP contribution in [0.1, 0.15) is 36.8 Å². The Morgan fingerprint density at radius 3 is 3.00 bits per heavy atom. The van der Waals surface area contributed by atoms with Crippen molar-refractivity contribution in [2.24, 2.45) is 11.8 Å². The minimum absolute atomic E-state index is 0.00132. The zero-order chi connectivity index (χ0) is 16.3. The summed E-state index contributed by atoms with van der Waals surface area (Å²) in [6.45, 7) is 2.39. The molecule has 3 aliphatic carbocycles. The molecule has 126 valence electrons. The fraction of sp³-hybridized carbons (Fsp3) is 0.571. The number of fused-ring (bicyclic) bond motifs is 1. The van der Waals surface area contributed by atoms with Crippen molar-refractivity contribution in [1.29, 1.82) is 0 Å². The molecule has 1 saturated carbocycles. The van der Waals surface area contributed by atoms with Gasteiger partial charge in [0.25, 0.3) is 0 Å². The maximum absolute atomic E-state index is 12.3. The van der Waals surface area contributed by atoms with Crippen LogP contribution in [-0.4, -0.2) is 36.9 Å². The number of ether oxygens (including phenoxy) is 1. The fourth-order valence-electron chi connectivity index (χ4n) is 5.44. The number of carbonyl (C=O) groups excluding carboxylic acids is 1. The van der Waals surface area contributed by atoms with E-state index in [2.05, 4.69) is 29.2 Å². The number of likely N-dealkylation sites (tertiary alicyclic amines) is 1. The second-order valence-electron chi connectivity index (χ2n) is 8.17. The van der Waals surface area contributed by atoms with E-state index in [9.17, 15) is 4.79 Å². The lowest BCUT2D eigenvalue weighted by Gasteiger charge is -2.57. The first-order chi connectivity index (χ1) is 11.7. The van der Waals surface area contributed by atoms with Crippen LogP contribution in [0.2, 0.25) is 0 Å². The summed E-state index contributed by atoms with van der Waals surface area (Å²) < 4.78 is 5.49. The van der Waals surface area contributed by atoms with Gasteiger partial charge in [0.05, 0.1) is 7.11 Å². The van der Waals surface area contributed by atoms with Crippen LogP contribution in [0.4, 0.5) is 0 Å². The van der Waals surface area contributed by atoms with Gasteiger partial charge in [-0.15, -0.1) is 0 Å². The van der Waals surface area contributed by atoms with Gasteiger partial charge < -0.3 is 4.74 Å². The monoisotopic (exact) mass is 323 g/mol. The van der Waals surface area contributed by atoms with E-state index in [1.165, 1.54) is 30.5 Å². The first kappa shape index (κ1) is 14.7. The van der Waals surface area contributed by atoms with Crippen LogP contribution in [0.15, 0.2) is 30.4 Å². The number of carbonyl (C=O) groups is 1. The lowest BCUT2D eigenvalue weighted by molar-refractivity contribution is -0.118. The highest BCUT2D eigenvalue weighted by Crippen LogP contribution is 2.54. The number of piperidine rings is 1. The van der Waals surface area contributed by atoms with Crippen molar-refractivity contribution in [3.05, 3.63) is 41.5 Å². The van der Waals surface area contributed by atoms with Crippen LogP contribution in [0.3, 0.4) is 0 Å². The van der Waals surface area contributed by atoms with Gasteiger partial charge in [-0.25, -0.2) is 0 Å². The molecule has 0 aromatic heterocycles. The Kier molecular flexibility index (Phi) is 3.18. The third kappa shape index (κ3) is 2.10. The van der Waals surface area contributed by atoms with E-state index in [1.807, 2.05) is 6.08 Å². The van der Waals surface area contributed by atoms with Gasteiger partial charge in [-0.2, -0.15) is 0 Å². The van der Waals surface area contributed by atoms with Gasteiger partial charge in [0.1, 0.15) is 5.75 Å². The van der Waals surface area contributed by atoms with Crippen molar-refractivity contribution in [1.82, 2.24) is 4.90 Å². The smallest absolute Gasteiger partial charge is 0.156 e. The Balaban J connectivity index is 1.62. The summed E-state index contributed by atoms with van der Waals surface area (Å²) in [6, 6.07) is 7.09. The molecule has 3 heteroatoms. The standard InChI is InChI=1S/C21H25NO2/c1-24-17-6-4-15-10-20-18-7-5-16(23)12-21(18,19(15)11-17)8-9-22(20)13-14-2-3-14/h4-7,11,14,18,20H,2-3,8-10,12-13H2,1H3/t18?,20-,21+/m1/s1. The highest BCUT2D eigenvalue weighted by Gasteiger charge is 2.54. The van der Waals surface area contributed by atoms with Gasteiger partial charge in [-0.3, -0.25) is 9.69 Å². The predicted octanol–water partition coefficient (Wildman–Crippen LogP) is 3.12. The average molecular weight is 323 g/mol. The summed E-state index contributed by atoms with van der Waals surface area (Å²) >= 11 is 0. The normalized spacial score (nSPS) is 34.6. The maximum atomic E-state index is 12.3. The maximum Gasteiger partial charge on any atom is 0.156 e. The summed E-state index contributed by atoms with van der Waals surface area (Å²) in [7, 11) is 1.73. The lowest BCUT2D eigenvalue weighted by atomic mass is 9.54. The van der Waals surface area contributed by atoms with Gasteiger partial charge >= 0.3 is 0 Å². The molecule has 3 atom stereocenters. The van der Waals surface area contributed by atoms with E-state index >= 15 is 0 Å². The number of hydrogen-bond acceptors (Lipinski definition) is 3. The van der Waals surface area contributed by atoms with Gasteiger partial charge in [0.15, 0.2) is 5.78 Å². The van der Waals surface area contributed by atoms with Crippen LogP contribution in [0, 0.1) is 11.8 Å². The molecule has 0 radical (unpaired) electrons. The quantitative estimate of drug-likeness (QED) is 0.856. The third-order valence-electron chi connectivity index (χ3n) is 6.82. The van der Waals surface area contributed by atoms with E-state index in [0.717, 1.165) is 31.1 Å². The van der Waals surface area contributed by atoms with Crippen LogP contribution >= 0.6 is 0 Å². The number of methoxy groups -OCH3 is 1. The van der Waals surface area contributed by atoms with Crippen LogP contribution in [-0.2, 0) is 16.6 Å². The molecule has 1 aliphatic heterocycles. The van der Waals surface area contributed by atoms with Gasteiger partial charge in [0.2, 0.25) is 0 Å². The molecular weight excluding hydrogens is 298 g/mol. The number of hydrogen-bond donors (Lipinski definition) is 0. The Morgan fingerprint density at radius 1 is 1.33 bits per heavy atom. The second kappa shape index (κ2) is 5.19. The third-order valence-corrected chi connectivity index (χ3v) is 6.82. The van der Waals surface area contributed by atoms with Crippen molar-refractivity contribution in [2.75, 3.05) is 20.2 Å². The van der Waals surface area contributed by atoms with E-state index in [1.54, 1.807) is 7.11 Å². The van der Waals surface area contributed by atoms with E-state index in [-0.39, 0.29) is 11.2 Å². The van der Waals surface area contributed by atoms with E-state index in [0.29, 0.717) is 18.4 Å². The predicted molar refractivity (Wildman–Crippen MR) is 93.3 cm³/mol. The van der Waals surface area contributed by atoms with Gasteiger partial charge in [-0.05, 0) is 67.5 Å². The molecule has 5 rings (SSSR count). The van der Waals surface area contributed by atoms with Gasteiger partial charge in [0, 0.05) is 30.3 Å². The highest BCUT2D eigenvalue weighted by atomic mass is 16.5. The minimum Gasteiger partial charge on any atom is -0.497 e. The summed E-state index contributed by atoms with van der Waals surface area (Å²) in [6.07, 6.45) is 9.76. The number of nitrogens with zero attached hydrogens (tertiary/aromatic N) is 1. The topological polar surface area (TPSA) is 29.5 Å². The Morgan fingerprint density at radius 2 is 2.21 bits per heavy atom. The fourth-order valence-corrected chi connectivity index (χ4v) is 5.44.